The lowest BCUT2D eigenvalue weighted by Gasteiger charge is -2.12. The van der Waals surface area contributed by atoms with Crippen molar-refractivity contribution >= 4 is 17.6 Å². The summed E-state index contributed by atoms with van der Waals surface area (Å²) < 4.78 is 13.0. The molecule has 2 nitrogen and oxygen atoms in total. The summed E-state index contributed by atoms with van der Waals surface area (Å²) in [5, 5.41) is 9.41. The van der Waals surface area contributed by atoms with Crippen LogP contribution in [0.4, 0.5) is 4.39 Å². The van der Waals surface area contributed by atoms with E-state index < -0.39 is 5.97 Å². The van der Waals surface area contributed by atoms with Crippen LogP contribution in [-0.2, 0) is 4.79 Å². The number of carbonyl (C=O) groups is 1. The third-order valence-electron chi connectivity index (χ3n) is 3.20. The standard InChI is InChI=1S/C16H14ClFO2/c1-10(8-16(19)20)12-4-7-15(17)14(9-12)11-2-5-13(18)6-3-11/h2-7,9-10H,8H2,1H3,(H,19,20). The molecule has 0 radical (unpaired) electrons. The molecular formula is C16H14ClFO2. The zero-order valence-electron chi connectivity index (χ0n) is 10.9. The monoisotopic (exact) mass is 292 g/mol. The summed E-state index contributed by atoms with van der Waals surface area (Å²) >= 11 is 6.17. The summed E-state index contributed by atoms with van der Waals surface area (Å²) in [6, 6.07) is 11.5. The molecule has 0 saturated carbocycles. The van der Waals surface area contributed by atoms with E-state index in [1.54, 1.807) is 18.2 Å². The zero-order chi connectivity index (χ0) is 14.7. The number of hydrogen-bond donors (Lipinski definition) is 1. The summed E-state index contributed by atoms with van der Waals surface area (Å²) in [4.78, 5) is 10.8. The van der Waals surface area contributed by atoms with Crippen LogP contribution >= 0.6 is 11.6 Å². The lowest BCUT2D eigenvalue weighted by Crippen LogP contribution is -2.03. The highest BCUT2D eigenvalue weighted by Gasteiger charge is 2.13. The first-order valence-electron chi connectivity index (χ1n) is 6.24. The summed E-state index contributed by atoms with van der Waals surface area (Å²) in [5.74, 6) is -1.25. The van der Waals surface area contributed by atoms with Gasteiger partial charge in [-0.25, -0.2) is 4.39 Å². The Kier molecular flexibility index (Phi) is 4.40. The fourth-order valence-corrected chi connectivity index (χ4v) is 2.31. The van der Waals surface area contributed by atoms with Gasteiger partial charge in [0.1, 0.15) is 5.82 Å². The summed E-state index contributed by atoms with van der Waals surface area (Å²) in [5.41, 5.74) is 2.48. The number of benzene rings is 2. The molecule has 0 bridgehead atoms. The minimum absolute atomic E-state index is 0.0600. The van der Waals surface area contributed by atoms with Crippen LogP contribution in [0.5, 0.6) is 0 Å². The molecule has 2 aromatic rings. The Morgan fingerprint density at radius 1 is 1.25 bits per heavy atom. The number of carboxylic acid groups (broad SMARTS) is 1. The Morgan fingerprint density at radius 2 is 1.90 bits per heavy atom. The molecule has 0 aliphatic heterocycles. The van der Waals surface area contributed by atoms with Crippen molar-refractivity contribution in [2.45, 2.75) is 19.3 Å². The lowest BCUT2D eigenvalue weighted by molar-refractivity contribution is -0.137. The van der Waals surface area contributed by atoms with Gasteiger partial charge in [-0.2, -0.15) is 0 Å². The van der Waals surface area contributed by atoms with E-state index in [-0.39, 0.29) is 18.2 Å². The van der Waals surface area contributed by atoms with Crippen LogP contribution in [0.15, 0.2) is 42.5 Å². The molecule has 0 aliphatic rings. The maximum atomic E-state index is 13.0. The third-order valence-corrected chi connectivity index (χ3v) is 3.53. The second-order valence-corrected chi connectivity index (χ2v) is 5.15. The first-order valence-corrected chi connectivity index (χ1v) is 6.62. The van der Waals surface area contributed by atoms with E-state index in [9.17, 15) is 9.18 Å². The second kappa shape index (κ2) is 6.06. The maximum Gasteiger partial charge on any atom is 0.303 e. The van der Waals surface area contributed by atoms with Gasteiger partial charge in [0.05, 0.1) is 6.42 Å². The average molecular weight is 293 g/mol. The molecule has 0 aliphatic carbocycles. The predicted molar refractivity (Wildman–Crippen MR) is 77.5 cm³/mol. The van der Waals surface area contributed by atoms with Crippen LogP contribution in [0, 0.1) is 5.82 Å². The van der Waals surface area contributed by atoms with Crippen molar-refractivity contribution in [2.24, 2.45) is 0 Å². The van der Waals surface area contributed by atoms with Gasteiger partial charge in [0.2, 0.25) is 0 Å². The van der Waals surface area contributed by atoms with E-state index >= 15 is 0 Å². The summed E-state index contributed by atoms with van der Waals surface area (Å²) in [6.07, 6.45) is 0.0600. The van der Waals surface area contributed by atoms with Crippen molar-refractivity contribution in [1.82, 2.24) is 0 Å². The van der Waals surface area contributed by atoms with Gasteiger partial charge < -0.3 is 5.11 Å². The molecule has 0 saturated heterocycles. The molecule has 0 amide bonds. The van der Waals surface area contributed by atoms with Gasteiger partial charge in [0, 0.05) is 10.6 Å². The van der Waals surface area contributed by atoms with Crippen molar-refractivity contribution in [2.75, 3.05) is 0 Å². The molecule has 2 rings (SSSR count). The van der Waals surface area contributed by atoms with Crippen LogP contribution in [0.1, 0.15) is 24.8 Å². The predicted octanol–water partition coefficient (Wildman–Crippen LogP) is 4.72. The number of halogens is 2. The van der Waals surface area contributed by atoms with Crippen LogP contribution in [0.3, 0.4) is 0 Å². The van der Waals surface area contributed by atoms with Crippen LogP contribution in [0.2, 0.25) is 5.02 Å². The van der Waals surface area contributed by atoms with Gasteiger partial charge in [0.15, 0.2) is 0 Å². The Labute approximate surface area is 121 Å². The van der Waals surface area contributed by atoms with Gasteiger partial charge in [-0.1, -0.05) is 36.7 Å². The topological polar surface area (TPSA) is 37.3 Å². The smallest absolute Gasteiger partial charge is 0.303 e. The fraction of sp³-hybridized carbons (Fsp3) is 0.188. The SMILES string of the molecule is CC(CC(=O)O)c1ccc(Cl)c(-c2ccc(F)cc2)c1. The molecule has 0 heterocycles. The molecule has 2 aromatic carbocycles. The Balaban J connectivity index is 2.38. The number of rotatable bonds is 4. The van der Waals surface area contributed by atoms with Crippen LogP contribution in [-0.4, -0.2) is 11.1 Å². The van der Waals surface area contributed by atoms with E-state index in [1.807, 2.05) is 19.1 Å². The molecule has 20 heavy (non-hydrogen) atoms. The maximum absolute atomic E-state index is 13.0. The van der Waals surface area contributed by atoms with Crippen molar-refractivity contribution in [1.29, 1.82) is 0 Å². The largest absolute Gasteiger partial charge is 0.481 e. The number of aliphatic carboxylic acids is 1. The molecule has 1 unspecified atom stereocenters. The first-order chi connectivity index (χ1) is 9.47. The van der Waals surface area contributed by atoms with Gasteiger partial charge in [-0.3, -0.25) is 4.79 Å². The molecule has 1 atom stereocenters. The average Bonchev–Trinajstić information content (AvgIpc) is 2.39. The van der Waals surface area contributed by atoms with Gasteiger partial charge in [-0.15, -0.1) is 0 Å². The van der Waals surface area contributed by atoms with Gasteiger partial charge in [-0.05, 0) is 41.3 Å². The lowest BCUT2D eigenvalue weighted by atomic mass is 9.94. The van der Waals surface area contributed by atoms with E-state index in [4.69, 9.17) is 16.7 Å². The van der Waals surface area contributed by atoms with Crippen molar-refractivity contribution < 1.29 is 14.3 Å². The number of hydrogen-bond acceptors (Lipinski definition) is 1. The minimum Gasteiger partial charge on any atom is -0.481 e. The Morgan fingerprint density at radius 3 is 2.50 bits per heavy atom. The molecule has 0 aromatic heterocycles. The highest BCUT2D eigenvalue weighted by Crippen LogP contribution is 2.32. The summed E-state index contributed by atoms with van der Waals surface area (Å²) in [7, 11) is 0. The van der Waals surface area contributed by atoms with Crippen molar-refractivity contribution in [3.63, 3.8) is 0 Å². The van der Waals surface area contributed by atoms with Crippen LogP contribution in [0.25, 0.3) is 11.1 Å². The van der Waals surface area contributed by atoms with Crippen LogP contribution < -0.4 is 0 Å². The van der Waals surface area contributed by atoms with E-state index in [1.165, 1.54) is 12.1 Å². The molecule has 0 spiro atoms. The molecule has 4 heteroatoms. The Bertz CT molecular complexity index is 623. The van der Waals surface area contributed by atoms with Gasteiger partial charge in [0.25, 0.3) is 0 Å². The third kappa shape index (κ3) is 3.36. The molecule has 1 N–H and O–H groups in total. The van der Waals surface area contributed by atoms with E-state index in [2.05, 4.69) is 0 Å². The number of carboxylic acids is 1. The molecular weight excluding hydrogens is 279 g/mol. The quantitative estimate of drug-likeness (QED) is 0.885. The van der Waals surface area contributed by atoms with Crippen molar-refractivity contribution in [3.8, 4) is 11.1 Å². The highest BCUT2D eigenvalue weighted by molar-refractivity contribution is 6.33. The second-order valence-electron chi connectivity index (χ2n) is 4.75. The fourth-order valence-electron chi connectivity index (χ4n) is 2.08. The molecule has 0 fully saturated rings. The van der Waals surface area contributed by atoms with E-state index in [0.717, 1.165) is 16.7 Å². The molecule has 104 valence electrons. The summed E-state index contributed by atoms with van der Waals surface area (Å²) in [6.45, 7) is 1.85. The zero-order valence-corrected chi connectivity index (χ0v) is 11.7. The first kappa shape index (κ1) is 14.5. The van der Waals surface area contributed by atoms with Crippen molar-refractivity contribution in [3.05, 3.63) is 58.9 Å². The van der Waals surface area contributed by atoms with Gasteiger partial charge >= 0.3 is 5.97 Å². The Hall–Kier alpha value is -1.87. The normalized spacial score (nSPS) is 12.2. The highest BCUT2D eigenvalue weighted by atomic mass is 35.5. The van der Waals surface area contributed by atoms with E-state index in [0.29, 0.717) is 5.02 Å². The minimum atomic E-state index is -0.837.